The van der Waals surface area contributed by atoms with E-state index in [1.807, 2.05) is 0 Å². The predicted molar refractivity (Wildman–Crippen MR) is 134 cm³/mol. The normalized spacial score (nSPS) is 53.2. The highest BCUT2D eigenvalue weighted by Crippen LogP contribution is 2.85. The highest BCUT2D eigenvalue weighted by atomic mass is 16.4. The van der Waals surface area contributed by atoms with Gasteiger partial charge in [0.2, 0.25) is 0 Å². The van der Waals surface area contributed by atoms with Crippen molar-refractivity contribution in [1.82, 2.24) is 0 Å². The van der Waals surface area contributed by atoms with Gasteiger partial charge in [0.25, 0.3) is 0 Å². The van der Waals surface area contributed by atoms with Gasteiger partial charge < -0.3 is 5.11 Å². The molecular formula is C31H50O2. The van der Waals surface area contributed by atoms with Gasteiger partial charge in [-0.2, -0.15) is 0 Å². The van der Waals surface area contributed by atoms with Crippen molar-refractivity contribution >= 4 is 5.97 Å². The Morgan fingerprint density at radius 3 is 1.88 bits per heavy atom. The number of hydrogen-bond donors (Lipinski definition) is 1. The van der Waals surface area contributed by atoms with Crippen molar-refractivity contribution in [2.45, 2.75) is 119 Å². The fourth-order valence-electron chi connectivity index (χ4n) is 12.3. The van der Waals surface area contributed by atoms with E-state index in [4.69, 9.17) is 0 Å². The van der Waals surface area contributed by atoms with Crippen LogP contribution < -0.4 is 0 Å². The molecule has 6 fully saturated rings. The summed E-state index contributed by atoms with van der Waals surface area (Å²) >= 11 is 0. The van der Waals surface area contributed by atoms with E-state index in [0.717, 1.165) is 36.0 Å². The molecule has 0 saturated heterocycles. The summed E-state index contributed by atoms with van der Waals surface area (Å²) in [5.74, 6) is 5.13. The van der Waals surface area contributed by atoms with Crippen LogP contribution in [0.15, 0.2) is 0 Å². The zero-order valence-corrected chi connectivity index (χ0v) is 22.4. The van der Waals surface area contributed by atoms with Crippen LogP contribution in [0.3, 0.4) is 0 Å². The Labute approximate surface area is 203 Å². The smallest absolute Gasteiger partial charge is 0.310 e. The van der Waals surface area contributed by atoms with E-state index in [0.29, 0.717) is 17.3 Å². The van der Waals surface area contributed by atoms with Crippen molar-refractivity contribution in [3.63, 3.8) is 0 Å². The largest absolute Gasteiger partial charge is 0.481 e. The van der Waals surface area contributed by atoms with Crippen LogP contribution >= 0.6 is 0 Å². The Hall–Kier alpha value is -0.530. The van der Waals surface area contributed by atoms with Crippen LogP contribution in [0.25, 0.3) is 0 Å². The average Bonchev–Trinajstić information content (AvgIpc) is 3.53. The number of aliphatic carboxylic acids is 1. The molecule has 0 heterocycles. The molecule has 33 heavy (non-hydrogen) atoms. The van der Waals surface area contributed by atoms with Crippen molar-refractivity contribution < 1.29 is 9.90 Å². The first-order valence-corrected chi connectivity index (χ1v) is 14.7. The van der Waals surface area contributed by atoms with Gasteiger partial charge >= 0.3 is 5.97 Å². The predicted octanol–water partition coefficient (Wildman–Crippen LogP) is 8.20. The molecule has 6 aliphatic carbocycles. The minimum Gasteiger partial charge on any atom is -0.481 e. The van der Waals surface area contributed by atoms with Gasteiger partial charge in [0.05, 0.1) is 5.41 Å². The van der Waals surface area contributed by atoms with E-state index in [-0.39, 0.29) is 16.2 Å². The molecule has 0 aromatic carbocycles. The fourth-order valence-corrected chi connectivity index (χ4v) is 12.3. The number of carbonyl (C=O) groups is 1. The average molecular weight is 455 g/mol. The molecule has 6 saturated carbocycles. The quantitative estimate of drug-likeness (QED) is 0.456. The van der Waals surface area contributed by atoms with Crippen molar-refractivity contribution in [2.75, 3.05) is 0 Å². The molecule has 0 spiro atoms. The van der Waals surface area contributed by atoms with E-state index in [1.54, 1.807) is 0 Å². The van der Waals surface area contributed by atoms with Crippen molar-refractivity contribution in [1.29, 1.82) is 0 Å². The van der Waals surface area contributed by atoms with Gasteiger partial charge in [0.15, 0.2) is 0 Å². The second-order valence-electron chi connectivity index (χ2n) is 15.3. The first-order valence-electron chi connectivity index (χ1n) is 14.7. The summed E-state index contributed by atoms with van der Waals surface area (Å²) in [4.78, 5) is 13.4. The van der Waals surface area contributed by atoms with Gasteiger partial charge in [-0.25, -0.2) is 0 Å². The Morgan fingerprint density at radius 2 is 1.21 bits per heavy atom. The second-order valence-corrected chi connectivity index (χ2v) is 15.3. The lowest BCUT2D eigenvalue weighted by molar-refractivity contribution is -0.180. The molecule has 0 bridgehead atoms. The lowest BCUT2D eigenvalue weighted by Crippen LogP contribution is -2.58. The van der Waals surface area contributed by atoms with Crippen LogP contribution in [-0.4, -0.2) is 11.1 Å². The maximum absolute atomic E-state index is 13.4. The molecule has 9 unspecified atom stereocenters. The van der Waals surface area contributed by atoms with E-state index in [9.17, 15) is 9.90 Å². The Morgan fingerprint density at radius 1 is 0.636 bits per heavy atom. The van der Waals surface area contributed by atoms with Crippen molar-refractivity contribution in [2.24, 2.45) is 68.5 Å². The lowest BCUT2D eigenvalue weighted by Gasteiger charge is -2.61. The molecule has 0 amide bonds. The van der Waals surface area contributed by atoms with Crippen LogP contribution in [0.1, 0.15) is 119 Å². The molecule has 6 rings (SSSR count). The lowest BCUT2D eigenvalue weighted by atomic mass is 9.43. The minimum atomic E-state index is -0.563. The summed E-state index contributed by atoms with van der Waals surface area (Å²) in [5, 5.41) is 11.1. The van der Waals surface area contributed by atoms with E-state index in [1.165, 1.54) is 70.6 Å². The summed E-state index contributed by atoms with van der Waals surface area (Å²) in [6.07, 6.45) is 16.2. The van der Waals surface area contributed by atoms with E-state index in [2.05, 4.69) is 41.5 Å². The molecule has 2 nitrogen and oxygen atoms in total. The Balaban J connectivity index is 1.44. The topological polar surface area (TPSA) is 37.3 Å². The molecule has 0 aromatic heterocycles. The summed E-state index contributed by atoms with van der Waals surface area (Å²) < 4.78 is 0. The van der Waals surface area contributed by atoms with E-state index < -0.39 is 11.4 Å². The van der Waals surface area contributed by atoms with Gasteiger partial charge in [0.1, 0.15) is 0 Å². The molecule has 9 atom stereocenters. The van der Waals surface area contributed by atoms with Crippen molar-refractivity contribution in [3.8, 4) is 0 Å². The Bertz CT molecular complexity index is 836. The van der Waals surface area contributed by atoms with Crippen LogP contribution in [0, 0.1) is 68.5 Å². The van der Waals surface area contributed by atoms with Gasteiger partial charge in [-0.05, 0) is 121 Å². The molecule has 2 heteroatoms. The maximum Gasteiger partial charge on any atom is 0.310 e. The number of carboxylic acid groups (broad SMARTS) is 1. The van der Waals surface area contributed by atoms with Crippen molar-refractivity contribution in [3.05, 3.63) is 0 Å². The molecule has 0 radical (unpaired) electrons. The molecule has 6 aliphatic rings. The molecular weight excluding hydrogens is 404 g/mol. The van der Waals surface area contributed by atoms with Crippen LogP contribution in [0.2, 0.25) is 0 Å². The number of hydrogen-bond acceptors (Lipinski definition) is 1. The highest BCUT2D eigenvalue weighted by molar-refractivity contribution is 5.78. The highest BCUT2D eigenvalue weighted by Gasteiger charge is 2.82. The van der Waals surface area contributed by atoms with Gasteiger partial charge in [-0.15, -0.1) is 0 Å². The third-order valence-corrected chi connectivity index (χ3v) is 14.9. The monoisotopic (exact) mass is 454 g/mol. The Kier molecular flexibility index (Phi) is 4.73. The maximum atomic E-state index is 13.4. The number of rotatable bonds is 2. The standard InChI is InChI=1S/C31H50O2/c1-27(2)28(3,4)31(26(32)33)16-15-23-22-12-11-19-9-7-8-10-20(19)21(22)13-14-24(23)25(31)30(27,6)29(5)17-18-29/h19-25H,7-18H2,1-6H3,(H,32,33). The summed E-state index contributed by atoms with van der Waals surface area (Å²) in [5.41, 5.74) is -0.330. The minimum absolute atomic E-state index is 0.0150. The van der Waals surface area contributed by atoms with E-state index >= 15 is 0 Å². The summed E-state index contributed by atoms with van der Waals surface area (Å²) in [6, 6.07) is 0. The van der Waals surface area contributed by atoms with Gasteiger partial charge in [-0.1, -0.05) is 60.8 Å². The summed E-state index contributed by atoms with van der Waals surface area (Å²) in [6.45, 7) is 14.7. The molecule has 0 aliphatic heterocycles. The first-order chi connectivity index (χ1) is 15.4. The molecule has 0 aromatic rings. The zero-order chi connectivity index (χ0) is 23.6. The third kappa shape index (κ3) is 2.46. The van der Waals surface area contributed by atoms with Gasteiger partial charge in [-0.3, -0.25) is 4.79 Å². The molecule has 1 N–H and O–H groups in total. The number of fused-ring (bicyclic) bond motifs is 7. The zero-order valence-electron chi connectivity index (χ0n) is 22.4. The third-order valence-electron chi connectivity index (χ3n) is 14.9. The first kappa shape index (κ1) is 22.9. The van der Waals surface area contributed by atoms with Gasteiger partial charge in [0, 0.05) is 0 Å². The van der Waals surface area contributed by atoms with Crippen LogP contribution in [0.4, 0.5) is 0 Å². The summed E-state index contributed by atoms with van der Waals surface area (Å²) in [7, 11) is 0. The SMILES string of the molecule is CC1(C2(C)C3C4CCC5C6CCCCC6CCC5C4CCC3(C(=O)O)C(C)(C)C2(C)C)CC1. The number of carboxylic acids is 1. The fraction of sp³-hybridized carbons (Fsp3) is 0.968. The van der Waals surface area contributed by atoms with Crippen LogP contribution in [-0.2, 0) is 4.79 Å². The van der Waals surface area contributed by atoms with Crippen LogP contribution in [0.5, 0.6) is 0 Å². The molecule has 186 valence electrons. The second kappa shape index (κ2) is 6.82.